The molecular weight excluding hydrogens is 427 g/mol. The minimum absolute atomic E-state index is 0.0249. The lowest BCUT2D eigenvalue weighted by Crippen LogP contribution is -2.58. The standard InChI is InChI=1S/C29H41FN2O2/c1-4-5-6-7-8-9-10-25-13-17-28(18-14-25)34-22-29(33)32-20-23(2)31(19-24(32)3)21-26-11-15-27(30)16-12-26/h11-18,23-24H,4-10,19-22H2,1-3H3/t23-,24+/m0/s1. The lowest BCUT2D eigenvalue weighted by atomic mass is 10.0. The summed E-state index contributed by atoms with van der Waals surface area (Å²) in [5.74, 6) is 0.556. The zero-order valence-corrected chi connectivity index (χ0v) is 21.1. The molecule has 1 heterocycles. The number of rotatable bonds is 12. The molecule has 2 atom stereocenters. The molecular formula is C29H41FN2O2. The molecule has 0 bridgehead atoms. The van der Waals surface area contributed by atoms with Gasteiger partial charge in [-0.05, 0) is 62.1 Å². The van der Waals surface area contributed by atoms with Crippen molar-refractivity contribution < 1.29 is 13.9 Å². The van der Waals surface area contributed by atoms with Crippen LogP contribution in [0.1, 0.15) is 70.4 Å². The van der Waals surface area contributed by atoms with E-state index in [9.17, 15) is 9.18 Å². The summed E-state index contributed by atoms with van der Waals surface area (Å²) in [5.41, 5.74) is 2.41. The summed E-state index contributed by atoms with van der Waals surface area (Å²) < 4.78 is 19.0. The summed E-state index contributed by atoms with van der Waals surface area (Å²) in [6.07, 6.45) is 8.92. The van der Waals surface area contributed by atoms with Crippen molar-refractivity contribution in [2.75, 3.05) is 19.7 Å². The second-order valence-electron chi connectivity index (χ2n) is 9.75. The molecule has 186 valence electrons. The molecule has 1 aliphatic heterocycles. The van der Waals surface area contributed by atoms with Gasteiger partial charge in [0.1, 0.15) is 11.6 Å². The Kier molecular flexibility index (Phi) is 10.4. The summed E-state index contributed by atoms with van der Waals surface area (Å²) >= 11 is 0. The minimum atomic E-state index is -0.215. The molecule has 34 heavy (non-hydrogen) atoms. The predicted molar refractivity (Wildman–Crippen MR) is 136 cm³/mol. The van der Waals surface area contributed by atoms with Gasteiger partial charge in [-0.15, -0.1) is 0 Å². The number of carbonyl (C=O) groups is 1. The zero-order valence-electron chi connectivity index (χ0n) is 21.1. The number of aryl methyl sites for hydroxylation is 1. The highest BCUT2D eigenvalue weighted by molar-refractivity contribution is 5.78. The number of ether oxygens (including phenoxy) is 1. The molecule has 4 nitrogen and oxygen atoms in total. The fourth-order valence-corrected chi connectivity index (χ4v) is 4.68. The molecule has 0 aromatic heterocycles. The van der Waals surface area contributed by atoms with Gasteiger partial charge < -0.3 is 9.64 Å². The first-order valence-electron chi connectivity index (χ1n) is 13.0. The molecule has 0 unspecified atom stereocenters. The van der Waals surface area contributed by atoms with Crippen LogP contribution in [0.25, 0.3) is 0 Å². The smallest absolute Gasteiger partial charge is 0.260 e. The van der Waals surface area contributed by atoms with E-state index in [-0.39, 0.29) is 30.4 Å². The van der Waals surface area contributed by atoms with Gasteiger partial charge in [-0.1, -0.05) is 63.3 Å². The van der Waals surface area contributed by atoms with Crippen LogP contribution in [0, 0.1) is 5.82 Å². The van der Waals surface area contributed by atoms with Gasteiger partial charge in [0.25, 0.3) is 5.91 Å². The van der Waals surface area contributed by atoms with Gasteiger partial charge in [0.15, 0.2) is 6.61 Å². The third-order valence-electron chi connectivity index (χ3n) is 6.84. The van der Waals surface area contributed by atoms with E-state index in [1.54, 1.807) is 0 Å². The lowest BCUT2D eigenvalue weighted by Gasteiger charge is -2.44. The molecule has 1 saturated heterocycles. The highest BCUT2D eigenvalue weighted by atomic mass is 19.1. The highest BCUT2D eigenvalue weighted by Gasteiger charge is 2.32. The van der Waals surface area contributed by atoms with E-state index in [1.165, 1.54) is 56.2 Å². The highest BCUT2D eigenvalue weighted by Crippen LogP contribution is 2.20. The van der Waals surface area contributed by atoms with Crippen LogP contribution in [0.4, 0.5) is 4.39 Å². The predicted octanol–water partition coefficient (Wildman–Crippen LogP) is 6.23. The Labute approximate surface area is 205 Å². The first kappa shape index (κ1) is 26.2. The van der Waals surface area contributed by atoms with Crippen molar-refractivity contribution in [1.29, 1.82) is 0 Å². The summed E-state index contributed by atoms with van der Waals surface area (Å²) in [6.45, 7) is 8.74. The van der Waals surface area contributed by atoms with Crippen LogP contribution in [0.15, 0.2) is 48.5 Å². The number of piperazine rings is 1. The van der Waals surface area contributed by atoms with Gasteiger partial charge in [-0.2, -0.15) is 0 Å². The van der Waals surface area contributed by atoms with Gasteiger partial charge in [-0.3, -0.25) is 9.69 Å². The lowest BCUT2D eigenvalue weighted by molar-refractivity contribution is -0.139. The Morgan fingerprint density at radius 1 is 0.882 bits per heavy atom. The molecule has 0 N–H and O–H groups in total. The summed E-state index contributed by atoms with van der Waals surface area (Å²) in [5, 5.41) is 0. The maximum absolute atomic E-state index is 13.2. The van der Waals surface area contributed by atoms with Crippen LogP contribution < -0.4 is 4.74 Å². The van der Waals surface area contributed by atoms with Crippen LogP contribution in [0.3, 0.4) is 0 Å². The normalized spacial score (nSPS) is 18.8. The first-order chi connectivity index (χ1) is 16.5. The van der Waals surface area contributed by atoms with Crippen molar-refractivity contribution in [3.63, 3.8) is 0 Å². The summed E-state index contributed by atoms with van der Waals surface area (Å²) in [7, 11) is 0. The van der Waals surface area contributed by atoms with Gasteiger partial charge in [-0.25, -0.2) is 4.39 Å². The van der Waals surface area contributed by atoms with E-state index < -0.39 is 0 Å². The van der Waals surface area contributed by atoms with Crippen molar-refractivity contribution in [3.05, 3.63) is 65.5 Å². The van der Waals surface area contributed by atoms with E-state index in [2.05, 4.69) is 37.8 Å². The third-order valence-corrected chi connectivity index (χ3v) is 6.84. The molecule has 0 radical (unpaired) electrons. The molecule has 0 spiro atoms. The Hall–Kier alpha value is -2.40. The zero-order chi connectivity index (χ0) is 24.3. The van der Waals surface area contributed by atoms with Crippen molar-refractivity contribution in [1.82, 2.24) is 9.80 Å². The number of hydrogen-bond acceptors (Lipinski definition) is 3. The van der Waals surface area contributed by atoms with Gasteiger partial charge in [0, 0.05) is 31.7 Å². The molecule has 5 heteroatoms. The van der Waals surface area contributed by atoms with E-state index in [0.717, 1.165) is 30.8 Å². The van der Waals surface area contributed by atoms with E-state index in [0.29, 0.717) is 6.54 Å². The third kappa shape index (κ3) is 8.12. The Balaban J connectivity index is 1.41. The topological polar surface area (TPSA) is 32.8 Å². The first-order valence-corrected chi connectivity index (χ1v) is 13.0. The maximum atomic E-state index is 13.2. The van der Waals surface area contributed by atoms with E-state index in [4.69, 9.17) is 4.74 Å². The Morgan fingerprint density at radius 2 is 1.53 bits per heavy atom. The van der Waals surface area contributed by atoms with Crippen molar-refractivity contribution in [3.8, 4) is 5.75 Å². The molecule has 0 aliphatic carbocycles. The number of halogens is 1. The van der Waals surface area contributed by atoms with E-state index in [1.807, 2.05) is 29.2 Å². The van der Waals surface area contributed by atoms with E-state index >= 15 is 0 Å². The summed E-state index contributed by atoms with van der Waals surface area (Å²) in [4.78, 5) is 17.2. The second kappa shape index (κ2) is 13.5. The van der Waals surface area contributed by atoms with Crippen LogP contribution in [-0.2, 0) is 17.8 Å². The molecule has 1 fully saturated rings. The van der Waals surface area contributed by atoms with Crippen LogP contribution >= 0.6 is 0 Å². The number of benzene rings is 2. The quantitative estimate of drug-likeness (QED) is 0.346. The number of unbranched alkanes of at least 4 members (excludes halogenated alkanes) is 5. The average Bonchev–Trinajstić information content (AvgIpc) is 2.84. The number of amides is 1. The largest absolute Gasteiger partial charge is 0.484 e. The van der Waals surface area contributed by atoms with Crippen molar-refractivity contribution in [2.24, 2.45) is 0 Å². The van der Waals surface area contributed by atoms with Crippen LogP contribution in [-0.4, -0.2) is 47.5 Å². The molecule has 1 aliphatic rings. The minimum Gasteiger partial charge on any atom is -0.484 e. The number of hydrogen-bond donors (Lipinski definition) is 0. The number of nitrogens with zero attached hydrogens (tertiary/aromatic N) is 2. The number of carbonyl (C=O) groups excluding carboxylic acids is 1. The molecule has 0 saturated carbocycles. The average molecular weight is 469 g/mol. The van der Waals surface area contributed by atoms with Gasteiger partial charge in [0.05, 0.1) is 0 Å². The molecule has 3 rings (SSSR count). The SMILES string of the molecule is CCCCCCCCc1ccc(OCC(=O)N2C[C@H](C)N(Cc3ccc(F)cc3)C[C@H]2C)cc1. The van der Waals surface area contributed by atoms with Crippen LogP contribution in [0.2, 0.25) is 0 Å². The maximum Gasteiger partial charge on any atom is 0.260 e. The fourth-order valence-electron chi connectivity index (χ4n) is 4.68. The van der Waals surface area contributed by atoms with Crippen molar-refractivity contribution in [2.45, 2.75) is 84.3 Å². The Bertz CT molecular complexity index is 869. The monoisotopic (exact) mass is 468 g/mol. The fraction of sp³-hybridized carbons (Fsp3) is 0.552. The van der Waals surface area contributed by atoms with Gasteiger partial charge in [0.2, 0.25) is 0 Å². The molecule has 2 aromatic rings. The molecule has 1 amide bonds. The summed E-state index contributed by atoms with van der Waals surface area (Å²) in [6, 6.07) is 15.2. The second-order valence-corrected chi connectivity index (χ2v) is 9.75. The molecule has 2 aromatic carbocycles. The Morgan fingerprint density at radius 3 is 2.24 bits per heavy atom. The van der Waals surface area contributed by atoms with Gasteiger partial charge >= 0.3 is 0 Å². The van der Waals surface area contributed by atoms with Crippen molar-refractivity contribution >= 4 is 5.91 Å². The van der Waals surface area contributed by atoms with Crippen LogP contribution in [0.5, 0.6) is 5.75 Å².